The van der Waals surface area contributed by atoms with E-state index in [1.165, 1.54) is 0 Å². The number of anilines is 1. The van der Waals surface area contributed by atoms with Crippen LogP contribution in [0.5, 0.6) is 5.75 Å². The molecule has 0 unspecified atom stereocenters. The second-order valence-corrected chi connectivity index (χ2v) is 7.98. The molecule has 1 amide bonds. The number of ether oxygens (including phenoxy) is 2. The molecular weight excluding hydrogens is 430 g/mol. The number of hydrogen-bond acceptors (Lipinski definition) is 5. The van der Waals surface area contributed by atoms with Gasteiger partial charge >= 0.3 is 5.97 Å². The highest BCUT2D eigenvalue weighted by Gasteiger charge is 2.21. The summed E-state index contributed by atoms with van der Waals surface area (Å²) >= 11 is 6.16. The third-order valence-corrected chi connectivity index (χ3v) is 4.88. The predicted octanol–water partition coefficient (Wildman–Crippen LogP) is 5.26. The summed E-state index contributed by atoms with van der Waals surface area (Å²) in [4.78, 5) is 25.1. The Balaban J connectivity index is 1.68. The molecule has 0 spiro atoms. The Morgan fingerprint density at radius 3 is 2.53 bits per heavy atom. The summed E-state index contributed by atoms with van der Waals surface area (Å²) in [5.41, 5.74) is 2.77. The van der Waals surface area contributed by atoms with Crippen molar-refractivity contribution in [3.63, 3.8) is 0 Å². The number of esters is 1. The molecule has 0 aliphatic rings. The van der Waals surface area contributed by atoms with Gasteiger partial charge in [0.25, 0.3) is 5.91 Å². The van der Waals surface area contributed by atoms with E-state index in [9.17, 15) is 9.59 Å². The second kappa shape index (κ2) is 10.3. The molecule has 0 bridgehead atoms. The van der Waals surface area contributed by atoms with E-state index < -0.39 is 5.97 Å². The smallest absolute Gasteiger partial charge is 0.361 e. The molecule has 1 N–H and O–H groups in total. The van der Waals surface area contributed by atoms with E-state index >= 15 is 0 Å². The van der Waals surface area contributed by atoms with Crippen LogP contribution >= 0.6 is 11.6 Å². The molecule has 0 fully saturated rings. The number of rotatable bonds is 8. The van der Waals surface area contributed by atoms with Gasteiger partial charge in [0, 0.05) is 18.3 Å². The van der Waals surface area contributed by atoms with Crippen LogP contribution in [0.1, 0.15) is 52.7 Å². The summed E-state index contributed by atoms with van der Waals surface area (Å²) in [6, 6.07) is 12.6. The maximum Gasteiger partial charge on any atom is 0.361 e. The highest BCUT2D eigenvalue weighted by molar-refractivity contribution is 6.32. The Labute approximate surface area is 192 Å². The summed E-state index contributed by atoms with van der Waals surface area (Å²) in [5.74, 6) is -0.319. The van der Waals surface area contributed by atoms with Gasteiger partial charge < -0.3 is 14.8 Å². The molecule has 8 heteroatoms. The molecule has 0 aliphatic carbocycles. The molecule has 0 radical (unpaired) electrons. The minimum atomic E-state index is -0.579. The molecule has 7 nitrogen and oxygen atoms in total. The molecule has 1 aromatic heterocycles. The van der Waals surface area contributed by atoms with Crippen LogP contribution in [-0.2, 0) is 17.9 Å². The normalized spacial score (nSPS) is 10.8. The third-order valence-electron chi connectivity index (χ3n) is 4.57. The van der Waals surface area contributed by atoms with Gasteiger partial charge in [0.15, 0.2) is 5.69 Å². The Kier molecular flexibility index (Phi) is 7.53. The highest BCUT2D eigenvalue weighted by Crippen LogP contribution is 2.26. The third kappa shape index (κ3) is 5.88. The number of hydrogen-bond donors (Lipinski definition) is 1. The lowest BCUT2D eigenvalue weighted by Gasteiger charge is -2.10. The first kappa shape index (κ1) is 23.3. The summed E-state index contributed by atoms with van der Waals surface area (Å²) in [6.07, 6.45) is 1.32. The van der Waals surface area contributed by atoms with Crippen molar-refractivity contribution in [3.05, 3.63) is 76.1 Å². The molecule has 32 heavy (non-hydrogen) atoms. The molecule has 0 saturated heterocycles. The summed E-state index contributed by atoms with van der Waals surface area (Å²) < 4.78 is 12.6. The van der Waals surface area contributed by atoms with Crippen LogP contribution in [0.3, 0.4) is 0 Å². The summed E-state index contributed by atoms with van der Waals surface area (Å²) in [7, 11) is 0. The van der Waals surface area contributed by atoms with Crippen LogP contribution < -0.4 is 10.1 Å². The summed E-state index contributed by atoms with van der Waals surface area (Å²) in [6.45, 7) is 8.24. The van der Waals surface area contributed by atoms with E-state index in [1.54, 1.807) is 42.9 Å². The Morgan fingerprint density at radius 1 is 1.16 bits per heavy atom. The Hall–Kier alpha value is -3.32. The van der Waals surface area contributed by atoms with Crippen LogP contribution in [-0.4, -0.2) is 27.8 Å². The second-order valence-electron chi connectivity index (χ2n) is 7.57. The number of halogens is 1. The van der Waals surface area contributed by atoms with Gasteiger partial charge in [0.2, 0.25) is 0 Å². The summed E-state index contributed by atoms with van der Waals surface area (Å²) in [5, 5.41) is 7.51. The average molecular weight is 456 g/mol. The van der Waals surface area contributed by atoms with Gasteiger partial charge in [-0.15, -0.1) is 0 Å². The van der Waals surface area contributed by atoms with Gasteiger partial charge in [-0.05, 0) is 63.1 Å². The Bertz CT molecular complexity index is 1110. The average Bonchev–Trinajstić information content (AvgIpc) is 3.17. The minimum absolute atomic E-state index is 0.0777. The van der Waals surface area contributed by atoms with Crippen LogP contribution in [0.15, 0.2) is 48.7 Å². The largest absolute Gasteiger partial charge is 0.487 e. The van der Waals surface area contributed by atoms with E-state index in [-0.39, 0.29) is 17.7 Å². The van der Waals surface area contributed by atoms with Crippen LogP contribution in [0.25, 0.3) is 0 Å². The van der Waals surface area contributed by atoms with Crippen molar-refractivity contribution < 1.29 is 19.1 Å². The first-order valence-electron chi connectivity index (χ1n) is 10.3. The van der Waals surface area contributed by atoms with Crippen molar-refractivity contribution in [1.82, 2.24) is 9.78 Å². The maximum atomic E-state index is 12.7. The molecule has 3 rings (SSSR count). The van der Waals surface area contributed by atoms with Crippen molar-refractivity contribution in [1.29, 1.82) is 0 Å². The fourth-order valence-electron chi connectivity index (χ4n) is 2.92. The van der Waals surface area contributed by atoms with Gasteiger partial charge in [0.1, 0.15) is 12.4 Å². The SMILES string of the molecule is CCn1cc(NC(=O)c2ccc(COc3cc(C)ccc3Cl)cc2)c(C(=O)OC(C)C)n1. The number of nitrogens with one attached hydrogen (secondary N) is 1. The molecule has 0 aliphatic heterocycles. The molecular formula is C24H26ClN3O4. The van der Waals surface area contributed by atoms with Crippen molar-refractivity contribution in [2.45, 2.75) is 47.0 Å². The predicted molar refractivity (Wildman–Crippen MR) is 123 cm³/mol. The van der Waals surface area contributed by atoms with Gasteiger partial charge in [-0.1, -0.05) is 29.8 Å². The first-order chi connectivity index (χ1) is 15.3. The lowest BCUT2D eigenvalue weighted by atomic mass is 10.1. The van der Waals surface area contributed by atoms with Crippen molar-refractivity contribution in [2.24, 2.45) is 0 Å². The van der Waals surface area contributed by atoms with Gasteiger partial charge in [-0.2, -0.15) is 5.10 Å². The van der Waals surface area contributed by atoms with Crippen molar-refractivity contribution >= 4 is 29.2 Å². The zero-order valence-corrected chi connectivity index (χ0v) is 19.3. The van der Waals surface area contributed by atoms with E-state index in [1.807, 2.05) is 38.1 Å². The molecule has 168 valence electrons. The van der Waals surface area contributed by atoms with Gasteiger partial charge in [-0.25, -0.2) is 4.79 Å². The minimum Gasteiger partial charge on any atom is -0.487 e. The van der Waals surface area contributed by atoms with E-state index in [0.717, 1.165) is 11.1 Å². The zero-order valence-electron chi connectivity index (χ0n) is 18.5. The number of carbonyl (C=O) groups is 2. The zero-order chi connectivity index (χ0) is 23.3. The first-order valence-corrected chi connectivity index (χ1v) is 10.7. The molecule has 0 atom stereocenters. The standard InChI is InChI=1S/C24H26ClN3O4/c1-5-28-13-20(22(27-28)24(30)32-15(2)3)26-23(29)18-9-7-17(8-10-18)14-31-21-12-16(4)6-11-19(21)25/h6-13,15H,5,14H2,1-4H3,(H,26,29). The monoisotopic (exact) mass is 455 g/mol. The van der Waals surface area contributed by atoms with Gasteiger partial charge in [-0.3, -0.25) is 9.48 Å². The fourth-order valence-corrected chi connectivity index (χ4v) is 3.10. The van der Waals surface area contributed by atoms with E-state index in [0.29, 0.717) is 35.2 Å². The van der Waals surface area contributed by atoms with Crippen LogP contribution in [0.2, 0.25) is 5.02 Å². The topological polar surface area (TPSA) is 82.5 Å². The Morgan fingerprint density at radius 2 is 1.88 bits per heavy atom. The van der Waals surface area contributed by atoms with E-state index in [2.05, 4.69) is 10.4 Å². The van der Waals surface area contributed by atoms with Gasteiger partial charge in [0.05, 0.1) is 16.8 Å². The van der Waals surface area contributed by atoms with E-state index in [4.69, 9.17) is 21.1 Å². The molecule has 2 aromatic carbocycles. The number of carbonyl (C=O) groups excluding carboxylic acids is 2. The maximum absolute atomic E-state index is 12.7. The van der Waals surface area contributed by atoms with Crippen LogP contribution in [0, 0.1) is 6.92 Å². The number of aryl methyl sites for hydroxylation is 2. The lowest BCUT2D eigenvalue weighted by Crippen LogP contribution is -2.17. The fraction of sp³-hybridized carbons (Fsp3) is 0.292. The van der Waals surface area contributed by atoms with Crippen LogP contribution in [0.4, 0.5) is 5.69 Å². The lowest BCUT2D eigenvalue weighted by molar-refractivity contribution is 0.0371. The molecule has 0 saturated carbocycles. The number of amides is 1. The molecule has 3 aromatic rings. The number of benzene rings is 2. The van der Waals surface area contributed by atoms with Crippen molar-refractivity contribution in [2.75, 3.05) is 5.32 Å². The number of aromatic nitrogens is 2. The van der Waals surface area contributed by atoms with Crippen molar-refractivity contribution in [3.8, 4) is 5.75 Å². The quantitative estimate of drug-likeness (QED) is 0.468. The number of nitrogens with zero attached hydrogens (tertiary/aromatic N) is 2. The molecule has 1 heterocycles. The highest BCUT2D eigenvalue weighted by atomic mass is 35.5.